The molecule has 138 valence electrons. The Hall–Kier alpha value is -1.34. The summed E-state index contributed by atoms with van der Waals surface area (Å²) in [5, 5.41) is 10.1. The normalized spacial score (nSPS) is 23.1. The molecule has 0 aromatic heterocycles. The molecule has 25 heavy (non-hydrogen) atoms. The van der Waals surface area contributed by atoms with Gasteiger partial charge in [0.05, 0.1) is 5.60 Å². The molecule has 1 heteroatoms. The molecule has 1 aliphatic carbocycles. The van der Waals surface area contributed by atoms with Crippen LogP contribution in [0.2, 0.25) is 0 Å². The largest absolute Gasteiger partial charge is 0.390 e. The molecular formula is C24H36O. The number of aliphatic hydroxyl groups is 1. The van der Waals surface area contributed by atoms with Crippen LogP contribution in [-0.2, 0) is 5.41 Å². The second-order valence-corrected chi connectivity index (χ2v) is 8.32. The zero-order chi connectivity index (χ0) is 18.2. The van der Waals surface area contributed by atoms with Gasteiger partial charge >= 0.3 is 0 Å². The van der Waals surface area contributed by atoms with Crippen molar-refractivity contribution < 1.29 is 5.11 Å². The average molecular weight is 341 g/mol. The fourth-order valence-corrected chi connectivity index (χ4v) is 3.87. The maximum absolute atomic E-state index is 10.1. The van der Waals surface area contributed by atoms with Crippen molar-refractivity contribution in [2.24, 2.45) is 5.92 Å². The fourth-order valence-electron chi connectivity index (χ4n) is 3.87. The lowest BCUT2D eigenvalue weighted by Gasteiger charge is -2.33. The first-order chi connectivity index (χ1) is 12.0. The zero-order valence-corrected chi connectivity index (χ0v) is 16.4. The van der Waals surface area contributed by atoms with Gasteiger partial charge in [0.25, 0.3) is 0 Å². The third kappa shape index (κ3) is 6.47. The van der Waals surface area contributed by atoms with E-state index in [1.807, 2.05) is 13.8 Å². The predicted octanol–water partition coefficient (Wildman–Crippen LogP) is 6.58. The van der Waals surface area contributed by atoms with Crippen LogP contribution in [-0.4, -0.2) is 10.7 Å². The summed E-state index contributed by atoms with van der Waals surface area (Å²) < 4.78 is 0. The summed E-state index contributed by atoms with van der Waals surface area (Å²) in [7, 11) is 0. The molecule has 0 atom stereocenters. The van der Waals surface area contributed by atoms with Crippen molar-refractivity contribution in [3.8, 4) is 0 Å². The topological polar surface area (TPSA) is 20.2 Å². The van der Waals surface area contributed by atoms with Gasteiger partial charge in [-0.1, -0.05) is 100 Å². The van der Waals surface area contributed by atoms with Crippen LogP contribution in [0, 0.1) is 5.92 Å². The molecule has 0 radical (unpaired) electrons. The van der Waals surface area contributed by atoms with E-state index >= 15 is 0 Å². The Morgan fingerprint density at radius 1 is 0.920 bits per heavy atom. The number of hydrogen-bond donors (Lipinski definition) is 1. The van der Waals surface area contributed by atoms with Crippen LogP contribution in [0.1, 0.15) is 77.7 Å². The Kier molecular flexibility index (Phi) is 7.50. The Balaban J connectivity index is 2.03. The summed E-state index contributed by atoms with van der Waals surface area (Å²) in [6, 6.07) is 10.9. The van der Waals surface area contributed by atoms with Crippen molar-refractivity contribution in [2.75, 3.05) is 0 Å². The summed E-state index contributed by atoms with van der Waals surface area (Å²) in [4.78, 5) is 0. The van der Waals surface area contributed by atoms with Gasteiger partial charge < -0.3 is 5.11 Å². The van der Waals surface area contributed by atoms with Gasteiger partial charge in [-0.2, -0.15) is 0 Å². The van der Waals surface area contributed by atoms with Crippen LogP contribution in [0.5, 0.6) is 0 Å². The minimum absolute atomic E-state index is 0.0299. The Morgan fingerprint density at radius 2 is 1.52 bits per heavy atom. The highest BCUT2D eigenvalue weighted by Crippen LogP contribution is 2.38. The molecule has 1 aliphatic rings. The second kappa shape index (κ2) is 9.38. The van der Waals surface area contributed by atoms with Crippen molar-refractivity contribution in [1.29, 1.82) is 0 Å². The standard InChI is InChI=1S/C24H36O/c1-4-5-6-7-8-12-17-24(22-13-10-9-11-14-22)18-15-21(16-19-24)20-23(2,3)25/h9-11,13-16,18-19,21,25H,4-8,12,17,20H2,1-3H3. The molecule has 0 spiro atoms. The number of rotatable bonds is 10. The molecule has 1 aromatic carbocycles. The monoisotopic (exact) mass is 340 g/mol. The number of allylic oxidation sites excluding steroid dienone is 4. The quantitative estimate of drug-likeness (QED) is 0.377. The van der Waals surface area contributed by atoms with Gasteiger partial charge in [0, 0.05) is 5.41 Å². The average Bonchev–Trinajstić information content (AvgIpc) is 2.59. The molecule has 0 saturated carbocycles. The molecule has 0 aliphatic heterocycles. The van der Waals surface area contributed by atoms with Gasteiger partial charge in [0.2, 0.25) is 0 Å². The first-order valence-corrected chi connectivity index (χ1v) is 10.1. The Labute approximate surface area is 154 Å². The van der Waals surface area contributed by atoms with E-state index in [-0.39, 0.29) is 5.41 Å². The summed E-state index contributed by atoms with van der Waals surface area (Å²) in [5.74, 6) is 0.335. The molecule has 0 fully saturated rings. The third-order valence-electron chi connectivity index (χ3n) is 5.27. The Morgan fingerprint density at radius 3 is 2.12 bits per heavy atom. The minimum Gasteiger partial charge on any atom is -0.390 e. The lowest BCUT2D eigenvalue weighted by molar-refractivity contribution is 0.0640. The molecule has 0 saturated heterocycles. The van der Waals surface area contributed by atoms with E-state index in [9.17, 15) is 5.11 Å². The van der Waals surface area contributed by atoms with E-state index in [1.165, 1.54) is 50.5 Å². The SMILES string of the molecule is CCCCCCCCC1(c2ccccc2)C=CC(CC(C)(C)O)C=C1. The molecule has 0 heterocycles. The van der Waals surface area contributed by atoms with E-state index in [0.717, 1.165) is 6.42 Å². The lowest BCUT2D eigenvalue weighted by atomic mass is 9.71. The molecule has 0 amide bonds. The molecule has 1 nitrogen and oxygen atoms in total. The van der Waals surface area contributed by atoms with Crippen molar-refractivity contribution in [3.63, 3.8) is 0 Å². The number of hydrogen-bond acceptors (Lipinski definition) is 1. The zero-order valence-electron chi connectivity index (χ0n) is 16.4. The van der Waals surface area contributed by atoms with E-state index in [1.54, 1.807) is 0 Å². The first-order valence-electron chi connectivity index (χ1n) is 10.1. The lowest BCUT2D eigenvalue weighted by Crippen LogP contribution is -2.27. The first kappa shape index (κ1) is 20.0. The van der Waals surface area contributed by atoms with Crippen molar-refractivity contribution in [1.82, 2.24) is 0 Å². The van der Waals surface area contributed by atoms with E-state index < -0.39 is 5.60 Å². The smallest absolute Gasteiger partial charge is 0.0600 e. The van der Waals surface area contributed by atoms with Gasteiger partial charge in [0.15, 0.2) is 0 Å². The molecule has 1 aromatic rings. The van der Waals surface area contributed by atoms with Gasteiger partial charge in [-0.05, 0) is 38.2 Å². The maximum atomic E-state index is 10.1. The maximum Gasteiger partial charge on any atom is 0.0600 e. The van der Waals surface area contributed by atoms with E-state index in [2.05, 4.69) is 61.6 Å². The summed E-state index contributed by atoms with van der Waals surface area (Å²) in [6.45, 7) is 6.06. The molecule has 1 N–H and O–H groups in total. The molecule has 0 bridgehead atoms. The number of unbranched alkanes of at least 4 members (excludes halogenated alkanes) is 5. The van der Waals surface area contributed by atoms with Crippen LogP contribution in [0.15, 0.2) is 54.6 Å². The van der Waals surface area contributed by atoms with E-state index in [0.29, 0.717) is 5.92 Å². The molecule has 2 rings (SSSR count). The summed E-state index contributed by atoms with van der Waals surface area (Å²) in [6.07, 6.45) is 19.3. The van der Waals surface area contributed by atoms with Crippen molar-refractivity contribution in [3.05, 3.63) is 60.2 Å². The molecule has 0 unspecified atom stereocenters. The predicted molar refractivity (Wildman–Crippen MR) is 109 cm³/mol. The van der Waals surface area contributed by atoms with Crippen LogP contribution >= 0.6 is 0 Å². The summed E-state index contributed by atoms with van der Waals surface area (Å²) >= 11 is 0. The number of benzene rings is 1. The second-order valence-electron chi connectivity index (χ2n) is 8.32. The van der Waals surface area contributed by atoms with Crippen molar-refractivity contribution in [2.45, 2.75) is 83.2 Å². The van der Waals surface area contributed by atoms with E-state index in [4.69, 9.17) is 0 Å². The molecular weight excluding hydrogens is 304 g/mol. The van der Waals surface area contributed by atoms with Gasteiger partial charge in [-0.15, -0.1) is 0 Å². The highest BCUT2D eigenvalue weighted by molar-refractivity contribution is 5.39. The van der Waals surface area contributed by atoms with Gasteiger partial charge in [-0.25, -0.2) is 0 Å². The highest BCUT2D eigenvalue weighted by Gasteiger charge is 2.29. The minimum atomic E-state index is -0.620. The van der Waals surface area contributed by atoms with Crippen LogP contribution < -0.4 is 0 Å². The Bertz CT molecular complexity index is 533. The third-order valence-corrected chi connectivity index (χ3v) is 5.27. The van der Waals surface area contributed by atoms with Crippen molar-refractivity contribution >= 4 is 0 Å². The van der Waals surface area contributed by atoms with Crippen LogP contribution in [0.4, 0.5) is 0 Å². The summed E-state index contributed by atoms with van der Waals surface area (Å²) in [5.41, 5.74) is 0.797. The highest BCUT2D eigenvalue weighted by atomic mass is 16.3. The fraction of sp³-hybridized carbons (Fsp3) is 0.583. The van der Waals surface area contributed by atoms with Crippen LogP contribution in [0.3, 0.4) is 0 Å². The van der Waals surface area contributed by atoms with Gasteiger partial charge in [0.1, 0.15) is 0 Å². The van der Waals surface area contributed by atoms with Gasteiger partial charge in [-0.3, -0.25) is 0 Å². The van der Waals surface area contributed by atoms with Crippen LogP contribution in [0.25, 0.3) is 0 Å².